The summed E-state index contributed by atoms with van der Waals surface area (Å²) < 4.78 is 84.7. The van der Waals surface area contributed by atoms with Crippen molar-refractivity contribution in [1.82, 2.24) is 20.8 Å². The zero-order valence-corrected chi connectivity index (χ0v) is 47.4. The molecule has 2 saturated heterocycles. The molecule has 21 heteroatoms. The van der Waals surface area contributed by atoms with Gasteiger partial charge in [0.2, 0.25) is 0 Å². The largest absolute Gasteiger partial charge is 0.350 e. The molecule has 0 spiro atoms. The number of amides is 2. The van der Waals surface area contributed by atoms with Crippen molar-refractivity contribution < 1.29 is 58.2 Å². The SMILES string of the molecule is CC(CCN1CC=C(c2ccc(C#CCCCN)cc2)CC1)(C(=O)NOC1CCCCO1)S(C)(=O)=O.CC(CCN1CC=C(c2ccc(C#CCCCOS(C)(=O)=O)cc2)CC1)(C(=O)NOC1CCCCO1)S(C)(=O)=O. The number of sulfone groups is 2. The Hall–Kier alpha value is -4.49. The van der Waals surface area contributed by atoms with Crippen molar-refractivity contribution in [2.45, 2.75) is 126 Å². The van der Waals surface area contributed by atoms with Gasteiger partial charge in [0.1, 0.15) is 0 Å². The van der Waals surface area contributed by atoms with Gasteiger partial charge < -0.3 is 15.2 Å². The number of rotatable bonds is 22. The summed E-state index contributed by atoms with van der Waals surface area (Å²) in [4.78, 5) is 40.8. The Morgan fingerprint density at radius 3 is 1.42 bits per heavy atom. The molecule has 76 heavy (non-hydrogen) atoms. The number of benzene rings is 2. The molecular formula is C55H79N5O13S3. The normalized spacial score (nSPS) is 20.3. The van der Waals surface area contributed by atoms with Crippen LogP contribution in [0.2, 0.25) is 0 Å². The lowest BCUT2D eigenvalue weighted by Crippen LogP contribution is -2.52. The van der Waals surface area contributed by atoms with Crippen molar-refractivity contribution in [3.05, 3.63) is 82.9 Å². The van der Waals surface area contributed by atoms with E-state index in [0.717, 1.165) is 99.9 Å². The number of unbranched alkanes of at least 4 members (excludes halogenated alkanes) is 2. The van der Waals surface area contributed by atoms with E-state index in [2.05, 4.69) is 68.7 Å². The van der Waals surface area contributed by atoms with Crippen LogP contribution in [0.4, 0.5) is 0 Å². The van der Waals surface area contributed by atoms with Crippen molar-refractivity contribution in [1.29, 1.82) is 0 Å². The van der Waals surface area contributed by atoms with Gasteiger partial charge >= 0.3 is 0 Å². The standard InChI is InChI=1S/C28H40N2O8S2.C27H39N3O5S/c1-28(39(2,32)33,27(31)29-38-26-10-6-8-21-36-26)17-20-30-18-15-25(16-19-30)24-13-11-23(12-14-24)9-5-4-7-22-37-40(3,34)35;1-27(36(2,32)33,26(31)29-35-25-9-5-7-21-34-25)16-20-30-18-14-24(15-19-30)23-12-10-22(11-13-23)8-4-3-6-17-28/h11-15,26H,4,6-8,10,16-22H2,1-3H3,(H,29,31);10-14,25H,3,5-7,9,15-21,28H2,1-2H3,(H,29,31). The average molecular weight is 1110 g/mol. The van der Waals surface area contributed by atoms with Gasteiger partial charge in [-0.3, -0.25) is 23.6 Å². The minimum absolute atomic E-state index is 0.128. The Kier molecular flexibility index (Phi) is 24.6. The van der Waals surface area contributed by atoms with Crippen molar-refractivity contribution in [2.75, 3.05) is 84.4 Å². The molecule has 420 valence electrons. The monoisotopic (exact) mass is 1110 g/mol. The molecule has 4 unspecified atom stereocenters. The Labute approximate surface area is 452 Å². The molecule has 0 radical (unpaired) electrons. The lowest BCUT2D eigenvalue weighted by atomic mass is 9.98. The van der Waals surface area contributed by atoms with E-state index in [0.29, 0.717) is 71.6 Å². The summed E-state index contributed by atoms with van der Waals surface area (Å²) in [5.41, 5.74) is 16.8. The van der Waals surface area contributed by atoms with E-state index in [1.165, 1.54) is 30.6 Å². The third-order valence-electron chi connectivity index (χ3n) is 14.1. The molecule has 0 aromatic heterocycles. The zero-order chi connectivity index (χ0) is 55.2. The van der Waals surface area contributed by atoms with E-state index in [-0.39, 0.29) is 19.4 Å². The lowest BCUT2D eigenvalue weighted by molar-refractivity contribution is -0.201. The molecule has 4 N–H and O–H groups in total. The number of hydroxylamine groups is 2. The number of hydrogen-bond donors (Lipinski definition) is 3. The van der Waals surface area contributed by atoms with Crippen molar-refractivity contribution >= 4 is 52.8 Å². The minimum atomic E-state index is -3.71. The lowest BCUT2D eigenvalue weighted by Gasteiger charge is -2.32. The molecule has 2 fully saturated rings. The van der Waals surface area contributed by atoms with Gasteiger partial charge in [-0.15, -0.1) is 0 Å². The van der Waals surface area contributed by atoms with Gasteiger partial charge in [-0.25, -0.2) is 37.5 Å². The van der Waals surface area contributed by atoms with Gasteiger partial charge in [-0.05, 0) is 131 Å². The molecule has 4 aliphatic rings. The van der Waals surface area contributed by atoms with E-state index < -0.39 is 63.7 Å². The zero-order valence-electron chi connectivity index (χ0n) is 44.9. The summed E-state index contributed by atoms with van der Waals surface area (Å²) in [7, 11) is -10.8. The summed E-state index contributed by atoms with van der Waals surface area (Å²) in [5.74, 6) is 11.1. The van der Waals surface area contributed by atoms with Crippen LogP contribution in [0.25, 0.3) is 11.1 Å². The highest BCUT2D eigenvalue weighted by Gasteiger charge is 2.45. The molecule has 4 aliphatic heterocycles. The molecule has 0 saturated carbocycles. The number of carbonyl (C=O) groups is 2. The third kappa shape index (κ3) is 20.1. The Balaban J connectivity index is 0.000000282. The number of nitrogens with two attached hydrogens (primary N) is 1. The number of nitrogens with one attached hydrogen (secondary N) is 2. The van der Waals surface area contributed by atoms with Gasteiger partial charge in [-0.1, -0.05) is 60.1 Å². The molecule has 0 aliphatic carbocycles. The van der Waals surface area contributed by atoms with Crippen LogP contribution >= 0.6 is 0 Å². The van der Waals surface area contributed by atoms with Crippen molar-refractivity contribution in [3.8, 4) is 23.7 Å². The second-order valence-electron chi connectivity index (χ2n) is 20.0. The molecule has 4 heterocycles. The van der Waals surface area contributed by atoms with Gasteiger partial charge in [0.15, 0.2) is 41.7 Å². The first-order chi connectivity index (χ1) is 36.1. The van der Waals surface area contributed by atoms with Gasteiger partial charge in [0.05, 0.1) is 12.9 Å². The van der Waals surface area contributed by atoms with E-state index in [1.54, 1.807) is 0 Å². The summed E-state index contributed by atoms with van der Waals surface area (Å²) >= 11 is 0. The fourth-order valence-corrected chi connectivity index (χ4v) is 10.6. The maximum absolute atomic E-state index is 12.9. The maximum atomic E-state index is 12.9. The van der Waals surface area contributed by atoms with Gasteiger partial charge in [0, 0.05) is 102 Å². The van der Waals surface area contributed by atoms with Crippen LogP contribution < -0.4 is 16.7 Å². The topological polar surface area (TPSA) is 239 Å². The van der Waals surface area contributed by atoms with Crippen LogP contribution in [-0.2, 0) is 62.7 Å². The van der Waals surface area contributed by atoms with Crippen molar-refractivity contribution in [3.63, 3.8) is 0 Å². The molecule has 6 rings (SSSR count). The molecule has 18 nitrogen and oxygen atoms in total. The fourth-order valence-electron chi connectivity index (χ4n) is 8.52. The highest BCUT2D eigenvalue weighted by Crippen LogP contribution is 2.28. The molecule has 0 bridgehead atoms. The first-order valence-electron chi connectivity index (χ1n) is 26.2. The van der Waals surface area contributed by atoms with Crippen LogP contribution in [0.15, 0.2) is 60.7 Å². The molecule has 4 atom stereocenters. The number of ether oxygens (including phenoxy) is 2. The summed E-state index contributed by atoms with van der Waals surface area (Å²) in [6, 6.07) is 16.2. The molecular weight excluding hydrogens is 1030 g/mol. The highest BCUT2D eigenvalue weighted by molar-refractivity contribution is 7.93. The van der Waals surface area contributed by atoms with E-state index in [9.17, 15) is 34.8 Å². The molecule has 2 aromatic carbocycles. The summed E-state index contributed by atoms with van der Waals surface area (Å²) in [5, 5.41) is 0. The second-order valence-corrected chi connectivity index (χ2v) is 26.6. The second kappa shape index (κ2) is 30.0. The summed E-state index contributed by atoms with van der Waals surface area (Å²) in [6.45, 7) is 8.65. The molecule has 2 aromatic rings. The minimum Gasteiger partial charge on any atom is -0.350 e. The number of nitrogens with zero attached hydrogens (tertiary/aromatic N) is 2. The van der Waals surface area contributed by atoms with Crippen LogP contribution in [0.5, 0.6) is 0 Å². The van der Waals surface area contributed by atoms with Gasteiger partial charge in [0.25, 0.3) is 21.9 Å². The Morgan fingerprint density at radius 1 is 0.658 bits per heavy atom. The first kappa shape index (κ1) is 62.4. The van der Waals surface area contributed by atoms with E-state index in [1.807, 2.05) is 36.4 Å². The van der Waals surface area contributed by atoms with E-state index in [4.69, 9.17) is 29.1 Å². The summed E-state index contributed by atoms with van der Waals surface area (Å²) in [6.07, 6.45) is 16.3. The highest BCUT2D eigenvalue weighted by atomic mass is 32.2. The van der Waals surface area contributed by atoms with Crippen molar-refractivity contribution in [2.24, 2.45) is 5.73 Å². The molecule has 2 amide bonds. The average Bonchev–Trinajstić information content (AvgIpc) is 3.41. The number of carbonyl (C=O) groups excluding carboxylic acids is 2. The predicted octanol–water partition coefficient (Wildman–Crippen LogP) is 5.29. The smallest absolute Gasteiger partial charge is 0.264 e. The Bertz CT molecular complexity index is 2750. The van der Waals surface area contributed by atoms with Gasteiger partial charge in [-0.2, -0.15) is 8.42 Å². The van der Waals surface area contributed by atoms with E-state index >= 15 is 0 Å². The first-order valence-corrected chi connectivity index (χ1v) is 31.8. The van der Waals surface area contributed by atoms with Crippen LogP contribution in [0, 0.1) is 23.7 Å². The fraction of sp³-hybridized carbons (Fsp3) is 0.600. The van der Waals surface area contributed by atoms with Crippen LogP contribution in [0.3, 0.4) is 0 Å². The predicted molar refractivity (Wildman–Crippen MR) is 294 cm³/mol. The quantitative estimate of drug-likeness (QED) is 0.0588. The maximum Gasteiger partial charge on any atom is 0.264 e. The third-order valence-corrected chi connectivity index (χ3v) is 18.7. The Morgan fingerprint density at radius 2 is 1.08 bits per heavy atom. The number of hydrogen-bond acceptors (Lipinski definition) is 16. The van der Waals surface area contributed by atoms with Crippen LogP contribution in [0.1, 0.15) is 126 Å². The van der Waals surface area contributed by atoms with Crippen LogP contribution in [-0.4, -0.2) is 153 Å².